The topological polar surface area (TPSA) is 23.8 Å². The Hall–Kier alpha value is -2.37. The molecular weight excluding hydrogens is 346 g/mol. The van der Waals surface area contributed by atoms with Gasteiger partial charge < -0.3 is 0 Å². The Balaban J connectivity index is 1.68. The number of nitriles is 1. The lowest BCUT2D eigenvalue weighted by Gasteiger charge is -2.07. The third-order valence-corrected chi connectivity index (χ3v) is 4.62. The number of nitrogens with zero attached hydrogens (tertiary/aromatic N) is 1. The molecular formula is C21H16BrN. The zero-order chi connectivity index (χ0) is 16.1. The molecule has 0 radical (unpaired) electrons. The Morgan fingerprint density at radius 2 is 1.30 bits per heavy atom. The molecule has 23 heavy (non-hydrogen) atoms. The van der Waals surface area contributed by atoms with Crippen LogP contribution >= 0.6 is 15.9 Å². The van der Waals surface area contributed by atoms with Crippen LogP contribution in [0.2, 0.25) is 0 Å². The Morgan fingerprint density at radius 1 is 0.739 bits per heavy atom. The molecule has 2 heteroatoms. The lowest BCUT2D eigenvalue weighted by molar-refractivity contribution is 0.960. The molecule has 0 atom stereocenters. The van der Waals surface area contributed by atoms with Crippen molar-refractivity contribution < 1.29 is 0 Å². The van der Waals surface area contributed by atoms with E-state index >= 15 is 0 Å². The summed E-state index contributed by atoms with van der Waals surface area (Å²) < 4.78 is 1.12. The molecule has 0 aliphatic rings. The monoisotopic (exact) mass is 361 g/mol. The van der Waals surface area contributed by atoms with Gasteiger partial charge in [0.25, 0.3) is 0 Å². The van der Waals surface area contributed by atoms with Crippen molar-refractivity contribution in [2.24, 2.45) is 0 Å². The Morgan fingerprint density at radius 3 is 1.87 bits per heavy atom. The number of hydrogen-bond acceptors (Lipinski definition) is 1. The first-order chi connectivity index (χ1) is 11.3. The first kappa shape index (κ1) is 15.5. The minimum atomic E-state index is 0.714. The van der Waals surface area contributed by atoms with Gasteiger partial charge in [0, 0.05) is 4.47 Å². The number of rotatable bonds is 4. The van der Waals surface area contributed by atoms with Crippen LogP contribution in [0.1, 0.15) is 16.7 Å². The van der Waals surface area contributed by atoms with Crippen LogP contribution in [0.5, 0.6) is 0 Å². The molecule has 0 saturated carbocycles. The molecule has 0 spiro atoms. The quantitative estimate of drug-likeness (QED) is 0.578. The van der Waals surface area contributed by atoms with Crippen molar-refractivity contribution in [3.05, 3.63) is 94.0 Å². The van der Waals surface area contributed by atoms with Crippen LogP contribution in [-0.2, 0) is 12.8 Å². The van der Waals surface area contributed by atoms with Crippen LogP contribution < -0.4 is 0 Å². The van der Waals surface area contributed by atoms with E-state index in [1.54, 1.807) is 0 Å². The molecule has 0 heterocycles. The van der Waals surface area contributed by atoms with Gasteiger partial charge in [0.2, 0.25) is 0 Å². The van der Waals surface area contributed by atoms with Crippen molar-refractivity contribution in [3.63, 3.8) is 0 Å². The van der Waals surface area contributed by atoms with E-state index in [1.807, 2.05) is 30.3 Å². The summed E-state index contributed by atoms with van der Waals surface area (Å²) >= 11 is 3.60. The van der Waals surface area contributed by atoms with Crippen molar-refractivity contribution >= 4 is 15.9 Å². The predicted molar refractivity (Wildman–Crippen MR) is 98.1 cm³/mol. The molecule has 0 saturated heterocycles. The van der Waals surface area contributed by atoms with Crippen LogP contribution in [0.3, 0.4) is 0 Å². The molecule has 0 aromatic heterocycles. The highest BCUT2D eigenvalue weighted by Crippen LogP contribution is 2.28. The van der Waals surface area contributed by atoms with Gasteiger partial charge in [-0.25, -0.2) is 0 Å². The highest BCUT2D eigenvalue weighted by atomic mass is 79.9. The average Bonchev–Trinajstić information content (AvgIpc) is 2.61. The van der Waals surface area contributed by atoms with Gasteiger partial charge >= 0.3 is 0 Å². The van der Waals surface area contributed by atoms with E-state index in [9.17, 15) is 0 Å². The molecule has 3 rings (SSSR count). The lowest BCUT2D eigenvalue weighted by Crippen LogP contribution is -1.91. The highest BCUT2D eigenvalue weighted by Gasteiger charge is 2.02. The van der Waals surface area contributed by atoms with Crippen LogP contribution in [0.15, 0.2) is 77.3 Å². The normalized spacial score (nSPS) is 10.3. The van der Waals surface area contributed by atoms with E-state index in [4.69, 9.17) is 5.26 Å². The molecule has 0 fully saturated rings. The highest BCUT2D eigenvalue weighted by molar-refractivity contribution is 9.10. The van der Waals surface area contributed by atoms with E-state index < -0.39 is 0 Å². The zero-order valence-corrected chi connectivity index (χ0v) is 14.3. The van der Waals surface area contributed by atoms with Crippen molar-refractivity contribution in [2.75, 3.05) is 0 Å². The first-order valence-electron chi connectivity index (χ1n) is 7.59. The molecule has 3 aromatic carbocycles. The summed E-state index contributed by atoms with van der Waals surface area (Å²) in [6.45, 7) is 0. The summed E-state index contributed by atoms with van der Waals surface area (Å²) in [7, 11) is 0. The summed E-state index contributed by atoms with van der Waals surface area (Å²) in [6, 6.07) is 27.0. The van der Waals surface area contributed by atoms with E-state index in [1.165, 1.54) is 22.3 Å². The Bertz CT molecular complexity index is 827. The van der Waals surface area contributed by atoms with Crippen LogP contribution in [0.4, 0.5) is 0 Å². The summed E-state index contributed by atoms with van der Waals surface area (Å²) in [4.78, 5) is 0. The third-order valence-electron chi connectivity index (χ3n) is 3.92. The molecule has 112 valence electrons. The molecule has 0 aliphatic heterocycles. The molecule has 0 amide bonds. The Kier molecular flexibility index (Phi) is 4.90. The number of benzene rings is 3. The van der Waals surface area contributed by atoms with Crippen molar-refractivity contribution in [1.29, 1.82) is 5.26 Å². The SMILES string of the molecule is N#Cc1ccc(CCc2ccc(-c3ccccc3Br)cc2)cc1. The summed E-state index contributed by atoms with van der Waals surface area (Å²) in [5.74, 6) is 0. The second kappa shape index (κ2) is 7.26. The van der Waals surface area contributed by atoms with E-state index in [0.717, 1.165) is 17.3 Å². The van der Waals surface area contributed by atoms with Gasteiger partial charge in [0.15, 0.2) is 0 Å². The van der Waals surface area contributed by atoms with Crippen molar-refractivity contribution in [1.82, 2.24) is 0 Å². The maximum Gasteiger partial charge on any atom is 0.0991 e. The molecule has 0 unspecified atom stereocenters. The van der Waals surface area contributed by atoms with Gasteiger partial charge in [-0.3, -0.25) is 0 Å². The molecule has 3 aromatic rings. The largest absolute Gasteiger partial charge is 0.192 e. The zero-order valence-electron chi connectivity index (χ0n) is 12.7. The number of aryl methyl sites for hydroxylation is 2. The van der Waals surface area contributed by atoms with E-state index in [0.29, 0.717) is 5.56 Å². The molecule has 0 bridgehead atoms. The minimum absolute atomic E-state index is 0.714. The lowest BCUT2D eigenvalue weighted by atomic mass is 10.00. The second-order valence-electron chi connectivity index (χ2n) is 5.49. The molecule has 0 N–H and O–H groups in total. The van der Waals surface area contributed by atoms with E-state index in [-0.39, 0.29) is 0 Å². The number of hydrogen-bond donors (Lipinski definition) is 0. The third kappa shape index (κ3) is 3.88. The number of halogens is 1. The smallest absolute Gasteiger partial charge is 0.0991 e. The van der Waals surface area contributed by atoms with Crippen molar-refractivity contribution in [2.45, 2.75) is 12.8 Å². The van der Waals surface area contributed by atoms with Gasteiger partial charge in [-0.1, -0.05) is 70.5 Å². The fourth-order valence-electron chi connectivity index (χ4n) is 2.58. The minimum Gasteiger partial charge on any atom is -0.192 e. The van der Waals surface area contributed by atoms with Gasteiger partial charge in [0.1, 0.15) is 0 Å². The predicted octanol–water partition coefficient (Wildman–Crippen LogP) is 5.77. The van der Waals surface area contributed by atoms with Gasteiger partial charge in [0.05, 0.1) is 11.6 Å². The summed E-state index contributed by atoms with van der Waals surface area (Å²) in [6.07, 6.45) is 1.99. The first-order valence-corrected chi connectivity index (χ1v) is 8.38. The van der Waals surface area contributed by atoms with E-state index in [2.05, 4.69) is 64.5 Å². The fourth-order valence-corrected chi connectivity index (χ4v) is 3.09. The molecule has 1 nitrogen and oxygen atoms in total. The van der Waals surface area contributed by atoms with Crippen LogP contribution in [-0.4, -0.2) is 0 Å². The fraction of sp³-hybridized carbons (Fsp3) is 0.0952. The van der Waals surface area contributed by atoms with Crippen LogP contribution in [0.25, 0.3) is 11.1 Å². The van der Waals surface area contributed by atoms with Gasteiger partial charge in [-0.05, 0) is 53.3 Å². The second-order valence-corrected chi connectivity index (χ2v) is 6.34. The van der Waals surface area contributed by atoms with Gasteiger partial charge in [-0.15, -0.1) is 0 Å². The average molecular weight is 362 g/mol. The standard InChI is InChI=1S/C21H16BrN/c22-21-4-2-1-3-20(21)19-13-11-17(12-14-19)6-5-16-7-9-18(15-23)10-8-16/h1-4,7-14H,5-6H2. The summed E-state index contributed by atoms with van der Waals surface area (Å²) in [5.41, 5.74) is 5.74. The maximum atomic E-state index is 8.82. The van der Waals surface area contributed by atoms with Gasteiger partial charge in [-0.2, -0.15) is 5.26 Å². The maximum absolute atomic E-state index is 8.82. The van der Waals surface area contributed by atoms with Crippen molar-refractivity contribution in [3.8, 4) is 17.2 Å². The Labute approximate surface area is 145 Å². The van der Waals surface area contributed by atoms with Crippen LogP contribution in [0, 0.1) is 11.3 Å². The molecule has 0 aliphatic carbocycles. The summed E-state index contributed by atoms with van der Waals surface area (Å²) in [5, 5.41) is 8.82.